The number of hydrogen-bond acceptors (Lipinski definition) is 3. The van der Waals surface area contributed by atoms with Gasteiger partial charge in [-0.1, -0.05) is 12.8 Å². The van der Waals surface area contributed by atoms with Gasteiger partial charge in [0.1, 0.15) is 4.83 Å². The monoisotopic (exact) mass is 298 g/mol. The van der Waals surface area contributed by atoms with Crippen LogP contribution in [0.5, 0.6) is 0 Å². The van der Waals surface area contributed by atoms with Crippen LogP contribution in [0.4, 0.5) is 0 Å². The van der Waals surface area contributed by atoms with Crippen molar-refractivity contribution in [3.63, 3.8) is 0 Å². The molecule has 3 nitrogen and oxygen atoms in total. The first kappa shape index (κ1) is 14.5. The number of rotatable bonds is 6. The molecule has 0 aliphatic rings. The van der Waals surface area contributed by atoms with Gasteiger partial charge in [0.2, 0.25) is 0 Å². The maximum atomic E-state index is 12.4. The van der Waals surface area contributed by atoms with Gasteiger partial charge in [-0.2, -0.15) is 0 Å². The second-order valence-corrected chi connectivity index (χ2v) is 6.39. The molecule has 0 N–H and O–H groups in total. The maximum absolute atomic E-state index is 12.4. The zero-order valence-electron chi connectivity index (χ0n) is 11.4. The van der Waals surface area contributed by atoms with Gasteiger partial charge in [0.15, 0.2) is 0 Å². The number of nitrogens with zero attached hydrogens (tertiary/aromatic N) is 2. The minimum absolute atomic E-state index is 0.101. The lowest BCUT2D eigenvalue weighted by Crippen LogP contribution is -2.20. The quantitative estimate of drug-likeness (QED) is 0.599. The van der Waals surface area contributed by atoms with Gasteiger partial charge in [0, 0.05) is 17.3 Å². The second-order valence-electron chi connectivity index (χ2n) is 4.81. The minimum Gasteiger partial charge on any atom is -0.299 e. The van der Waals surface area contributed by atoms with Crippen LogP contribution in [0.15, 0.2) is 11.1 Å². The zero-order valence-corrected chi connectivity index (χ0v) is 13.0. The molecule has 19 heavy (non-hydrogen) atoms. The van der Waals surface area contributed by atoms with Gasteiger partial charge >= 0.3 is 0 Å². The fourth-order valence-corrected chi connectivity index (χ4v) is 3.34. The molecule has 0 fully saturated rings. The molecule has 0 bridgehead atoms. The Kier molecular flexibility index (Phi) is 4.99. The van der Waals surface area contributed by atoms with Crippen LogP contribution in [-0.2, 0) is 6.54 Å². The number of halogens is 1. The van der Waals surface area contributed by atoms with Gasteiger partial charge in [-0.05, 0) is 32.3 Å². The number of hydrogen-bond donors (Lipinski definition) is 0. The molecule has 0 radical (unpaired) electrons. The Hall–Kier alpha value is -0.870. The normalized spacial score (nSPS) is 11.3. The Labute approximate surface area is 122 Å². The molecule has 0 unspecified atom stereocenters. The van der Waals surface area contributed by atoms with E-state index in [1.54, 1.807) is 22.2 Å². The van der Waals surface area contributed by atoms with E-state index in [0.29, 0.717) is 0 Å². The van der Waals surface area contributed by atoms with Crippen molar-refractivity contribution in [1.82, 2.24) is 9.55 Å². The summed E-state index contributed by atoms with van der Waals surface area (Å²) < 4.78 is 1.74. The topological polar surface area (TPSA) is 34.9 Å². The Morgan fingerprint density at radius 1 is 1.26 bits per heavy atom. The van der Waals surface area contributed by atoms with Crippen LogP contribution in [0.1, 0.15) is 36.1 Å². The smallest absolute Gasteiger partial charge is 0.262 e. The van der Waals surface area contributed by atoms with Crippen molar-refractivity contribution in [2.75, 3.05) is 5.88 Å². The molecular formula is C14H19ClN2OS. The number of aromatic nitrogens is 2. The second kappa shape index (κ2) is 6.53. The molecule has 5 heteroatoms. The molecule has 0 aliphatic carbocycles. The van der Waals surface area contributed by atoms with Gasteiger partial charge in [-0.25, -0.2) is 4.98 Å². The Balaban J connectivity index is 2.14. The number of thiophene rings is 1. The third-order valence-electron chi connectivity index (χ3n) is 3.44. The first-order valence-corrected chi connectivity index (χ1v) is 8.01. The van der Waals surface area contributed by atoms with Gasteiger partial charge in [-0.3, -0.25) is 9.36 Å². The third-order valence-corrected chi connectivity index (χ3v) is 4.82. The zero-order chi connectivity index (χ0) is 13.8. The van der Waals surface area contributed by atoms with E-state index in [9.17, 15) is 4.79 Å². The molecule has 0 spiro atoms. The van der Waals surface area contributed by atoms with Crippen LogP contribution in [-0.4, -0.2) is 15.4 Å². The van der Waals surface area contributed by atoms with Crippen molar-refractivity contribution in [3.8, 4) is 0 Å². The largest absolute Gasteiger partial charge is 0.299 e. The first-order chi connectivity index (χ1) is 9.15. The van der Waals surface area contributed by atoms with Gasteiger partial charge in [-0.15, -0.1) is 22.9 Å². The van der Waals surface area contributed by atoms with Crippen LogP contribution < -0.4 is 5.56 Å². The fourth-order valence-electron chi connectivity index (χ4n) is 2.16. The molecule has 2 aromatic rings. The predicted octanol–water partition coefficient (Wildman–Crippen LogP) is 3.87. The molecule has 0 amide bonds. The lowest BCUT2D eigenvalue weighted by molar-refractivity contribution is 0.568. The highest BCUT2D eigenvalue weighted by molar-refractivity contribution is 7.18. The lowest BCUT2D eigenvalue weighted by atomic mass is 10.2. The first-order valence-electron chi connectivity index (χ1n) is 6.66. The van der Waals surface area contributed by atoms with E-state index in [2.05, 4.69) is 4.98 Å². The van der Waals surface area contributed by atoms with E-state index >= 15 is 0 Å². The predicted molar refractivity (Wildman–Crippen MR) is 82.5 cm³/mol. The van der Waals surface area contributed by atoms with Crippen LogP contribution in [0.2, 0.25) is 0 Å². The van der Waals surface area contributed by atoms with E-state index in [-0.39, 0.29) is 5.56 Å². The van der Waals surface area contributed by atoms with Gasteiger partial charge < -0.3 is 0 Å². The van der Waals surface area contributed by atoms with Crippen molar-refractivity contribution < 1.29 is 0 Å². The summed E-state index contributed by atoms with van der Waals surface area (Å²) >= 11 is 7.24. The van der Waals surface area contributed by atoms with Crippen molar-refractivity contribution in [2.45, 2.75) is 46.1 Å². The molecule has 0 aromatic carbocycles. The van der Waals surface area contributed by atoms with Crippen molar-refractivity contribution in [1.29, 1.82) is 0 Å². The summed E-state index contributed by atoms with van der Waals surface area (Å²) in [4.78, 5) is 18.8. The number of aryl methyl sites for hydroxylation is 3. The van der Waals surface area contributed by atoms with Crippen molar-refractivity contribution in [2.24, 2.45) is 0 Å². The molecule has 0 aliphatic heterocycles. The van der Waals surface area contributed by atoms with E-state index in [0.717, 1.165) is 53.9 Å². The fraction of sp³-hybridized carbons (Fsp3) is 0.571. The van der Waals surface area contributed by atoms with E-state index in [1.807, 2.05) is 13.8 Å². The molecule has 2 heterocycles. The van der Waals surface area contributed by atoms with Crippen LogP contribution in [0.3, 0.4) is 0 Å². The highest BCUT2D eigenvalue weighted by atomic mass is 35.5. The summed E-state index contributed by atoms with van der Waals surface area (Å²) in [5, 5.41) is 0.797. The van der Waals surface area contributed by atoms with Gasteiger partial charge in [0.05, 0.1) is 11.7 Å². The summed E-state index contributed by atoms with van der Waals surface area (Å²) in [6.07, 6.45) is 5.98. The summed E-state index contributed by atoms with van der Waals surface area (Å²) in [6.45, 7) is 4.79. The SMILES string of the molecule is Cc1sc2ncn(CCCCCCCl)c(=O)c2c1C. The summed E-state index contributed by atoms with van der Waals surface area (Å²) in [5.74, 6) is 0.723. The van der Waals surface area contributed by atoms with Crippen molar-refractivity contribution >= 4 is 33.2 Å². The third kappa shape index (κ3) is 3.18. The maximum Gasteiger partial charge on any atom is 0.262 e. The van der Waals surface area contributed by atoms with E-state index in [4.69, 9.17) is 11.6 Å². The summed E-state index contributed by atoms with van der Waals surface area (Å²) in [7, 11) is 0. The Morgan fingerprint density at radius 2 is 2.00 bits per heavy atom. The highest BCUT2D eigenvalue weighted by Gasteiger charge is 2.11. The summed E-state index contributed by atoms with van der Waals surface area (Å²) in [5.41, 5.74) is 1.18. The van der Waals surface area contributed by atoms with E-state index in [1.165, 1.54) is 4.88 Å². The standard InChI is InChI=1S/C14H19ClN2OS/c1-10-11(2)19-13-12(10)14(18)17(9-16-13)8-6-4-3-5-7-15/h9H,3-8H2,1-2H3. The lowest BCUT2D eigenvalue weighted by Gasteiger charge is -2.05. The van der Waals surface area contributed by atoms with Crippen LogP contribution in [0, 0.1) is 13.8 Å². The molecule has 2 aromatic heterocycles. The Morgan fingerprint density at radius 3 is 2.74 bits per heavy atom. The summed E-state index contributed by atoms with van der Waals surface area (Å²) in [6, 6.07) is 0. The molecule has 2 rings (SSSR count). The average Bonchev–Trinajstić information content (AvgIpc) is 2.68. The molecule has 104 valence electrons. The number of alkyl halides is 1. The molecular weight excluding hydrogens is 280 g/mol. The number of fused-ring (bicyclic) bond motifs is 1. The highest BCUT2D eigenvalue weighted by Crippen LogP contribution is 2.25. The number of unbranched alkanes of at least 4 members (excludes halogenated alkanes) is 3. The van der Waals surface area contributed by atoms with Crippen LogP contribution in [0.25, 0.3) is 10.2 Å². The molecule has 0 saturated carbocycles. The van der Waals surface area contributed by atoms with Gasteiger partial charge in [0.25, 0.3) is 5.56 Å². The average molecular weight is 299 g/mol. The molecule has 0 saturated heterocycles. The van der Waals surface area contributed by atoms with Crippen molar-refractivity contribution in [3.05, 3.63) is 27.1 Å². The van der Waals surface area contributed by atoms with E-state index < -0.39 is 0 Å². The van der Waals surface area contributed by atoms with Crippen LogP contribution >= 0.6 is 22.9 Å². The Bertz CT molecular complexity index is 618. The minimum atomic E-state index is 0.101. The molecule has 0 atom stereocenters.